The van der Waals surface area contributed by atoms with Crippen molar-refractivity contribution >= 4 is 39.5 Å². The fourth-order valence-electron chi connectivity index (χ4n) is 2.79. The molecule has 30 heavy (non-hydrogen) atoms. The maximum absolute atomic E-state index is 14.2. The van der Waals surface area contributed by atoms with Gasteiger partial charge in [0, 0.05) is 27.9 Å². The molecule has 162 valence electrons. The van der Waals surface area contributed by atoms with Gasteiger partial charge in [-0.3, -0.25) is 9.59 Å². The number of hydrogen-bond acceptors (Lipinski definition) is 3. The van der Waals surface area contributed by atoms with Crippen LogP contribution in [0.1, 0.15) is 38.8 Å². The van der Waals surface area contributed by atoms with E-state index in [1.807, 2.05) is 45.0 Å². The van der Waals surface area contributed by atoms with Gasteiger partial charge in [0.15, 0.2) is 0 Å². The van der Waals surface area contributed by atoms with E-state index in [1.54, 1.807) is 25.1 Å². The lowest BCUT2D eigenvalue weighted by Gasteiger charge is -2.31. The van der Waals surface area contributed by atoms with Crippen LogP contribution in [0, 0.1) is 5.82 Å². The number of amides is 2. The van der Waals surface area contributed by atoms with Crippen molar-refractivity contribution in [3.63, 3.8) is 0 Å². The van der Waals surface area contributed by atoms with Gasteiger partial charge in [-0.15, -0.1) is 11.8 Å². The molecule has 0 saturated carbocycles. The molecule has 2 aromatic carbocycles. The van der Waals surface area contributed by atoms with Crippen LogP contribution < -0.4 is 5.32 Å². The molecule has 0 aliphatic heterocycles. The lowest BCUT2D eigenvalue weighted by atomic mass is 10.1. The maximum Gasteiger partial charge on any atom is 0.242 e. The van der Waals surface area contributed by atoms with Crippen LogP contribution in [0.2, 0.25) is 0 Å². The Balaban J connectivity index is 2.10. The molecule has 2 rings (SSSR count). The van der Waals surface area contributed by atoms with Crippen molar-refractivity contribution in [3.8, 4) is 0 Å². The second kappa shape index (κ2) is 11.0. The van der Waals surface area contributed by atoms with Gasteiger partial charge in [0.05, 0.1) is 5.75 Å². The molecule has 4 nitrogen and oxygen atoms in total. The summed E-state index contributed by atoms with van der Waals surface area (Å²) in [5.74, 6) is 0.0375. The van der Waals surface area contributed by atoms with Crippen LogP contribution in [0.5, 0.6) is 0 Å². The first-order chi connectivity index (χ1) is 14.1. The fraction of sp³-hybridized carbons (Fsp3) is 0.391. The van der Waals surface area contributed by atoms with Gasteiger partial charge in [-0.05, 0) is 51.5 Å². The molecular weight excluding hydrogens is 467 g/mol. The molecule has 2 aromatic rings. The maximum atomic E-state index is 14.2. The molecule has 0 fully saturated rings. The number of carbonyl (C=O) groups excluding carboxylic acids is 2. The van der Waals surface area contributed by atoms with Gasteiger partial charge in [0.25, 0.3) is 0 Å². The molecule has 0 unspecified atom stereocenters. The van der Waals surface area contributed by atoms with Crippen LogP contribution in [0.3, 0.4) is 0 Å². The Hall–Kier alpha value is -1.86. The van der Waals surface area contributed by atoms with Crippen molar-refractivity contribution in [2.75, 3.05) is 5.75 Å². The largest absolute Gasteiger partial charge is 0.350 e. The van der Waals surface area contributed by atoms with Crippen molar-refractivity contribution in [2.24, 2.45) is 0 Å². The summed E-state index contributed by atoms with van der Waals surface area (Å²) in [5, 5.41) is 2.90. The number of rotatable bonds is 8. The topological polar surface area (TPSA) is 49.4 Å². The summed E-state index contributed by atoms with van der Waals surface area (Å²) in [6, 6.07) is 13.5. The van der Waals surface area contributed by atoms with E-state index in [4.69, 9.17) is 0 Å². The lowest BCUT2D eigenvalue weighted by Crippen LogP contribution is -2.52. The van der Waals surface area contributed by atoms with Crippen molar-refractivity contribution in [1.82, 2.24) is 10.2 Å². The predicted molar refractivity (Wildman–Crippen MR) is 125 cm³/mol. The molecule has 0 spiro atoms. The highest BCUT2D eigenvalue weighted by atomic mass is 79.9. The molecule has 0 aromatic heterocycles. The second-order valence-corrected chi connectivity index (χ2v) is 10.0. The Morgan fingerprint density at radius 3 is 2.37 bits per heavy atom. The third kappa shape index (κ3) is 7.76. The Labute approximate surface area is 190 Å². The molecule has 0 heterocycles. The van der Waals surface area contributed by atoms with Gasteiger partial charge in [0.2, 0.25) is 11.8 Å². The smallest absolute Gasteiger partial charge is 0.242 e. The molecule has 0 aliphatic rings. The van der Waals surface area contributed by atoms with E-state index in [1.165, 1.54) is 22.7 Å². The van der Waals surface area contributed by atoms with Crippen molar-refractivity contribution in [3.05, 3.63) is 69.9 Å². The van der Waals surface area contributed by atoms with Gasteiger partial charge < -0.3 is 10.2 Å². The van der Waals surface area contributed by atoms with E-state index in [2.05, 4.69) is 21.2 Å². The van der Waals surface area contributed by atoms with Crippen LogP contribution in [-0.2, 0) is 21.9 Å². The van der Waals surface area contributed by atoms with E-state index in [0.717, 1.165) is 10.0 Å². The lowest BCUT2D eigenvalue weighted by molar-refractivity contribution is -0.139. The average Bonchev–Trinajstić information content (AvgIpc) is 2.67. The van der Waals surface area contributed by atoms with Crippen LogP contribution in [0.4, 0.5) is 4.39 Å². The van der Waals surface area contributed by atoms with Crippen LogP contribution in [0.15, 0.2) is 53.0 Å². The predicted octanol–water partition coefficient (Wildman–Crippen LogP) is 5.15. The van der Waals surface area contributed by atoms with Gasteiger partial charge in [-0.2, -0.15) is 0 Å². The first kappa shape index (κ1) is 24.4. The molecule has 1 N–H and O–H groups in total. The molecule has 0 saturated heterocycles. The zero-order chi connectivity index (χ0) is 22.3. The minimum Gasteiger partial charge on any atom is -0.350 e. The molecule has 2 amide bonds. The molecule has 0 aliphatic carbocycles. The van der Waals surface area contributed by atoms with Crippen molar-refractivity contribution in [1.29, 1.82) is 0 Å². The number of benzene rings is 2. The first-order valence-electron chi connectivity index (χ1n) is 9.74. The van der Waals surface area contributed by atoms with E-state index in [-0.39, 0.29) is 29.9 Å². The summed E-state index contributed by atoms with van der Waals surface area (Å²) in [5.41, 5.74) is 1.07. The number of thioether (sulfide) groups is 1. The number of nitrogens with zero attached hydrogens (tertiary/aromatic N) is 1. The van der Waals surface area contributed by atoms with Crippen molar-refractivity contribution < 1.29 is 14.0 Å². The average molecular weight is 495 g/mol. The number of halogens is 2. The second-order valence-electron chi connectivity index (χ2n) is 8.15. The normalized spacial score (nSPS) is 12.3. The summed E-state index contributed by atoms with van der Waals surface area (Å²) in [6.07, 6.45) is 0. The SMILES string of the molecule is C[C@H](C(=O)NC(C)(C)C)N(Cc1ccccc1F)C(=O)CSCc1ccc(Br)cc1. The zero-order valence-corrected chi connectivity index (χ0v) is 20.1. The van der Waals surface area contributed by atoms with Crippen LogP contribution in [0.25, 0.3) is 0 Å². The number of hydrogen-bond donors (Lipinski definition) is 1. The van der Waals surface area contributed by atoms with Gasteiger partial charge in [-0.25, -0.2) is 4.39 Å². The van der Waals surface area contributed by atoms with E-state index < -0.39 is 11.6 Å². The van der Waals surface area contributed by atoms with Crippen LogP contribution >= 0.6 is 27.7 Å². The van der Waals surface area contributed by atoms with Crippen molar-refractivity contribution in [2.45, 2.75) is 51.6 Å². The summed E-state index contributed by atoms with van der Waals surface area (Å²) in [7, 11) is 0. The summed E-state index contributed by atoms with van der Waals surface area (Å²) >= 11 is 4.88. The summed E-state index contributed by atoms with van der Waals surface area (Å²) in [6.45, 7) is 7.38. The Bertz CT molecular complexity index is 868. The summed E-state index contributed by atoms with van der Waals surface area (Å²) < 4.78 is 15.2. The van der Waals surface area contributed by atoms with Gasteiger partial charge in [-0.1, -0.05) is 46.3 Å². The van der Waals surface area contributed by atoms with E-state index >= 15 is 0 Å². The van der Waals surface area contributed by atoms with E-state index in [9.17, 15) is 14.0 Å². The minimum atomic E-state index is -0.718. The minimum absolute atomic E-state index is 0.0447. The fourth-order valence-corrected chi connectivity index (χ4v) is 3.92. The Morgan fingerprint density at radius 2 is 1.77 bits per heavy atom. The monoisotopic (exact) mass is 494 g/mol. The standard InChI is InChI=1S/C23H28BrFN2O2S/c1-16(22(29)26-23(2,3)4)27(13-18-7-5-6-8-20(18)25)21(28)15-30-14-17-9-11-19(24)12-10-17/h5-12,16H,13-15H2,1-4H3,(H,26,29)/t16-/m1/s1. The van der Waals surface area contributed by atoms with Gasteiger partial charge in [0.1, 0.15) is 11.9 Å². The highest BCUT2D eigenvalue weighted by molar-refractivity contribution is 9.10. The number of carbonyl (C=O) groups is 2. The Kier molecular flexibility index (Phi) is 8.92. The highest BCUT2D eigenvalue weighted by Gasteiger charge is 2.28. The highest BCUT2D eigenvalue weighted by Crippen LogP contribution is 2.19. The summed E-state index contributed by atoms with van der Waals surface area (Å²) in [4.78, 5) is 27.2. The third-order valence-corrected chi connectivity index (χ3v) is 5.89. The van der Waals surface area contributed by atoms with E-state index in [0.29, 0.717) is 11.3 Å². The first-order valence-corrected chi connectivity index (χ1v) is 11.7. The molecule has 0 bridgehead atoms. The van der Waals surface area contributed by atoms with Crippen LogP contribution in [-0.4, -0.2) is 34.0 Å². The molecule has 1 atom stereocenters. The number of nitrogens with one attached hydrogen (secondary N) is 1. The quantitative estimate of drug-likeness (QED) is 0.551. The zero-order valence-electron chi connectivity index (χ0n) is 17.7. The Morgan fingerprint density at radius 1 is 1.13 bits per heavy atom. The molecule has 0 radical (unpaired) electrons. The molecular formula is C23H28BrFN2O2S. The third-order valence-electron chi connectivity index (χ3n) is 4.37. The molecule has 7 heteroatoms. The van der Waals surface area contributed by atoms with Gasteiger partial charge >= 0.3 is 0 Å².